The quantitative estimate of drug-likeness (QED) is 0.551. The van der Waals surface area contributed by atoms with Gasteiger partial charge in [0, 0.05) is 6.54 Å². The van der Waals surface area contributed by atoms with Crippen LogP contribution in [-0.2, 0) is 14.3 Å². The molecule has 0 aliphatic carbocycles. The number of aromatic nitrogens is 4. The van der Waals surface area contributed by atoms with Gasteiger partial charge in [0.25, 0.3) is 0 Å². The van der Waals surface area contributed by atoms with E-state index in [1.807, 2.05) is 31.2 Å². The number of thioether (sulfide) groups is 1. The monoisotopic (exact) mass is 389 g/mol. The number of hydrogen-bond donors (Lipinski definition) is 0. The molecule has 1 fully saturated rings. The lowest BCUT2D eigenvalue weighted by molar-refractivity contribution is -0.155. The van der Waals surface area contributed by atoms with Gasteiger partial charge in [-0.05, 0) is 61.2 Å². The number of tetrazole rings is 1. The molecule has 1 saturated heterocycles. The van der Waals surface area contributed by atoms with Crippen molar-refractivity contribution in [1.82, 2.24) is 25.1 Å². The molecule has 1 aliphatic heterocycles. The van der Waals surface area contributed by atoms with Crippen LogP contribution in [0.2, 0.25) is 0 Å². The predicted molar refractivity (Wildman–Crippen MR) is 101 cm³/mol. The Morgan fingerprint density at radius 2 is 2.19 bits per heavy atom. The fraction of sp³-hybridized carbons (Fsp3) is 0.500. The third kappa shape index (κ3) is 4.65. The van der Waals surface area contributed by atoms with Crippen LogP contribution in [0.3, 0.4) is 0 Å². The number of esters is 1. The topological polar surface area (TPSA) is 90.2 Å². The number of carbonyl (C=O) groups excluding carboxylic acids is 2. The van der Waals surface area contributed by atoms with Gasteiger partial charge in [0.05, 0.1) is 18.0 Å². The Balaban J connectivity index is 1.67. The molecule has 1 aliphatic rings. The van der Waals surface area contributed by atoms with E-state index in [4.69, 9.17) is 4.74 Å². The third-order valence-corrected chi connectivity index (χ3v) is 5.30. The van der Waals surface area contributed by atoms with Crippen molar-refractivity contribution >= 4 is 23.6 Å². The van der Waals surface area contributed by atoms with Gasteiger partial charge in [-0.3, -0.25) is 4.79 Å². The first-order valence-corrected chi connectivity index (χ1v) is 10.0. The summed E-state index contributed by atoms with van der Waals surface area (Å²) in [5, 5.41) is 12.3. The van der Waals surface area contributed by atoms with Crippen LogP contribution >= 0.6 is 11.8 Å². The van der Waals surface area contributed by atoms with Gasteiger partial charge in [0.2, 0.25) is 11.1 Å². The first-order valence-electron chi connectivity index (χ1n) is 9.04. The molecule has 1 aromatic heterocycles. The minimum atomic E-state index is -0.487. The lowest BCUT2D eigenvalue weighted by Gasteiger charge is -2.33. The molecule has 0 radical (unpaired) electrons. The van der Waals surface area contributed by atoms with E-state index in [1.54, 1.807) is 16.5 Å². The van der Waals surface area contributed by atoms with Crippen LogP contribution in [0.25, 0.3) is 5.69 Å². The Morgan fingerprint density at radius 3 is 2.96 bits per heavy atom. The molecule has 9 heteroatoms. The fourth-order valence-electron chi connectivity index (χ4n) is 3.11. The summed E-state index contributed by atoms with van der Waals surface area (Å²) in [6.45, 7) is 4.66. The van der Waals surface area contributed by atoms with Crippen molar-refractivity contribution in [3.05, 3.63) is 29.8 Å². The lowest BCUT2D eigenvalue weighted by atomic mass is 10.0. The second kappa shape index (κ2) is 8.98. The van der Waals surface area contributed by atoms with Crippen molar-refractivity contribution in [2.45, 2.75) is 44.3 Å². The van der Waals surface area contributed by atoms with Crippen LogP contribution < -0.4 is 0 Å². The van der Waals surface area contributed by atoms with E-state index in [-0.39, 0.29) is 17.6 Å². The van der Waals surface area contributed by atoms with Crippen molar-refractivity contribution in [1.29, 1.82) is 0 Å². The molecule has 1 atom stereocenters. The smallest absolute Gasteiger partial charge is 0.328 e. The number of nitrogens with zero attached hydrogens (tertiary/aromatic N) is 5. The van der Waals surface area contributed by atoms with E-state index in [1.165, 1.54) is 11.8 Å². The zero-order valence-electron chi connectivity index (χ0n) is 15.5. The Hall–Kier alpha value is -2.42. The summed E-state index contributed by atoms with van der Waals surface area (Å²) in [5.74, 6) is -0.251. The number of amides is 1. The first kappa shape index (κ1) is 19.3. The molecule has 144 valence electrons. The van der Waals surface area contributed by atoms with E-state index in [0.717, 1.165) is 24.1 Å². The average Bonchev–Trinajstić information content (AvgIpc) is 3.15. The Bertz CT molecular complexity index is 810. The molecule has 2 heterocycles. The van der Waals surface area contributed by atoms with Crippen molar-refractivity contribution in [2.75, 3.05) is 18.9 Å². The maximum Gasteiger partial charge on any atom is 0.328 e. The summed E-state index contributed by atoms with van der Waals surface area (Å²) in [6, 6.07) is 7.33. The minimum absolute atomic E-state index is 0.100. The molecule has 0 bridgehead atoms. The van der Waals surface area contributed by atoms with Crippen molar-refractivity contribution < 1.29 is 14.3 Å². The molecule has 1 unspecified atom stereocenters. The number of rotatable bonds is 6. The highest BCUT2D eigenvalue weighted by Gasteiger charge is 2.33. The number of hydrogen-bond acceptors (Lipinski definition) is 7. The number of benzene rings is 1. The van der Waals surface area contributed by atoms with E-state index in [9.17, 15) is 9.59 Å². The zero-order valence-corrected chi connectivity index (χ0v) is 16.3. The molecule has 27 heavy (non-hydrogen) atoms. The van der Waals surface area contributed by atoms with Crippen LogP contribution in [0.15, 0.2) is 29.4 Å². The maximum atomic E-state index is 12.7. The van der Waals surface area contributed by atoms with Crippen LogP contribution in [0.1, 0.15) is 31.7 Å². The van der Waals surface area contributed by atoms with Crippen LogP contribution in [0, 0.1) is 6.92 Å². The summed E-state index contributed by atoms with van der Waals surface area (Å²) in [5.41, 5.74) is 1.94. The van der Waals surface area contributed by atoms with Crippen molar-refractivity contribution in [3.8, 4) is 5.69 Å². The summed E-state index contributed by atoms with van der Waals surface area (Å²) in [7, 11) is 0. The van der Waals surface area contributed by atoms with Gasteiger partial charge in [0.1, 0.15) is 6.04 Å². The van der Waals surface area contributed by atoms with Crippen LogP contribution in [-0.4, -0.2) is 61.9 Å². The van der Waals surface area contributed by atoms with Crippen molar-refractivity contribution in [3.63, 3.8) is 0 Å². The summed E-state index contributed by atoms with van der Waals surface area (Å²) in [6.07, 6.45) is 2.47. The Kier molecular flexibility index (Phi) is 6.44. The molecule has 0 saturated carbocycles. The number of aryl methyl sites for hydroxylation is 1. The molecular formula is C18H23N5O3S. The molecule has 8 nitrogen and oxygen atoms in total. The molecule has 1 amide bonds. The highest BCUT2D eigenvalue weighted by Crippen LogP contribution is 2.23. The zero-order chi connectivity index (χ0) is 19.2. The van der Waals surface area contributed by atoms with Gasteiger partial charge < -0.3 is 9.64 Å². The standard InChI is InChI=1S/C18H23N5O3S/c1-3-26-17(25)15-9-4-5-10-22(15)16(24)12-27-18-19-20-21-23(18)14-8-6-7-13(2)11-14/h6-8,11,15H,3-5,9-10,12H2,1-2H3. The second-order valence-corrected chi connectivity index (χ2v) is 7.29. The summed E-state index contributed by atoms with van der Waals surface area (Å²) < 4.78 is 6.74. The van der Waals surface area contributed by atoms with Gasteiger partial charge in [-0.25, -0.2) is 4.79 Å². The van der Waals surface area contributed by atoms with Crippen molar-refractivity contribution in [2.24, 2.45) is 0 Å². The van der Waals surface area contributed by atoms with Gasteiger partial charge in [-0.2, -0.15) is 4.68 Å². The fourth-order valence-corrected chi connectivity index (χ4v) is 3.89. The van der Waals surface area contributed by atoms with Gasteiger partial charge >= 0.3 is 5.97 Å². The maximum absolute atomic E-state index is 12.7. The van der Waals surface area contributed by atoms with E-state index < -0.39 is 6.04 Å². The largest absolute Gasteiger partial charge is 0.464 e. The summed E-state index contributed by atoms with van der Waals surface area (Å²) >= 11 is 1.27. The van der Waals surface area contributed by atoms with Crippen LogP contribution in [0.4, 0.5) is 0 Å². The van der Waals surface area contributed by atoms with Crippen LogP contribution in [0.5, 0.6) is 0 Å². The Labute approximate surface area is 162 Å². The number of piperidine rings is 1. The molecule has 2 aromatic rings. The highest BCUT2D eigenvalue weighted by molar-refractivity contribution is 7.99. The van der Waals surface area contributed by atoms with E-state index >= 15 is 0 Å². The predicted octanol–water partition coefficient (Wildman–Crippen LogP) is 2.01. The number of carbonyl (C=O) groups is 2. The normalized spacial score (nSPS) is 17.0. The third-order valence-electron chi connectivity index (χ3n) is 4.39. The molecule has 0 spiro atoms. The molecule has 0 N–H and O–H groups in total. The summed E-state index contributed by atoms with van der Waals surface area (Å²) in [4.78, 5) is 26.5. The molecular weight excluding hydrogens is 366 g/mol. The number of likely N-dealkylation sites (tertiary alicyclic amines) is 1. The lowest BCUT2D eigenvalue weighted by Crippen LogP contribution is -2.49. The Morgan fingerprint density at radius 1 is 1.33 bits per heavy atom. The van der Waals surface area contributed by atoms with E-state index in [0.29, 0.717) is 24.7 Å². The van der Waals surface area contributed by atoms with E-state index in [2.05, 4.69) is 15.5 Å². The SMILES string of the molecule is CCOC(=O)C1CCCCN1C(=O)CSc1nnnn1-c1cccc(C)c1. The average molecular weight is 389 g/mol. The van der Waals surface area contributed by atoms with Gasteiger partial charge in [-0.1, -0.05) is 23.9 Å². The highest BCUT2D eigenvalue weighted by atomic mass is 32.2. The van der Waals surface area contributed by atoms with Gasteiger partial charge in [0.15, 0.2) is 0 Å². The first-order chi connectivity index (χ1) is 13.1. The number of ether oxygens (including phenoxy) is 1. The molecule has 3 rings (SSSR count). The second-order valence-electron chi connectivity index (χ2n) is 6.35. The van der Waals surface area contributed by atoms with Gasteiger partial charge in [-0.15, -0.1) is 5.10 Å². The molecule has 1 aromatic carbocycles. The minimum Gasteiger partial charge on any atom is -0.464 e.